The van der Waals surface area contributed by atoms with Crippen molar-refractivity contribution < 1.29 is 4.79 Å². The molecule has 30 heavy (non-hydrogen) atoms. The molecule has 0 saturated heterocycles. The molecule has 0 fully saturated rings. The third-order valence-corrected chi connectivity index (χ3v) is 5.53. The highest BCUT2D eigenvalue weighted by Crippen LogP contribution is 2.25. The zero-order valence-corrected chi connectivity index (χ0v) is 17.5. The number of aromatic nitrogens is 4. The fourth-order valence-corrected chi connectivity index (χ4v) is 3.71. The maximum Gasteiger partial charge on any atom is 0.367 e. The highest BCUT2D eigenvalue weighted by atomic mass is 32.2. The average Bonchev–Trinajstić information content (AvgIpc) is 3.05. The Morgan fingerprint density at radius 1 is 1.00 bits per heavy atom. The number of anilines is 1. The van der Waals surface area contributed by atoms with Gasteiger partial charge in [0.25, 0.3) is 0 Å². The van der Waals surface area contributed by atoms with E-state index in [2.05, 4.69) is 22.4 Å². The van der Waals surface area contributed by atoms with Gasteiger partial charge in [0, 0.05) is 10.6 Å². The summed E-state index contributed by atoms with van der Waals surface area (Å²) in [5, 5.41) is 12.1. The fraction of sp³-hybridized carbons (Fsp3) is 0.182. The van der Waals surface area contributed by atoms with Crippen molar-refractivity contribution >= 4 is 29.0 Å². The van der Waals surface area contributed by atoms with Gasteiger partial charge in [-0.15, -0.1) is 5.10 Å². The van der Waals surface area contributed by atoms with E-state index in [-0.39, 0.29) is 12.5 Å². The van der Waals surface area contributed by atoms with Crippen LogP contribution in [0, 0.1) is 6.92 Å². The van der Waals surface area contributed by atoms with Crippen molar-refractivity contribution in [2.75, 3.05) is 5.32 Å². The van der Waals surface area contributed by atoms with Crippen LogP contribution in [0.4, 0.5) is 5.69 Å². The molecule has 0 atom stereocenters. The summed E-state index contributed by atoms with van der Waals surface area (Å²) < 4.78 is 2.35. The first kappa shape index (κ1) is 19.9. The Balaban J connectivity index is 1.50. The van der Waals surface area contributed by atoms with Crippen LogP contribution in [-0.2, 0) is 17.8 Å². The van der Waals surface area contributed by atoms with Crippen LogP contribution in [0.5, 0.6) is 0 Å². The van der Waals surface area contributed by atoms with Crippen LogP contribution in [0.15, 0.2) is 75.4 Å². The van der Waals surface area contributed by atoms with Gasteiger partial charge in [-0.3, -0.25) is 4.79 Å². The van der Waals surface area contributed by atoms with E-state index >= 15 is 0 Å². The van der Waals surface area contributed by atoms with Gasteiger partial charge >= 0.3 is 5.69 Å². The molecule has 0 aliphatic rings. The maximum atomic E-state index is 12.7. The second-order valence-corrected chi connectivity index (χ2v) is 7.99. The lowest BCUT2D eigenvalue weighted by atomic mass is 10.1. The van der Waals surface area contributed by atoms with Crippen molar-refractivity contribution in [3.63, 3.8) is 0 Å². The summed E-state index contributed by atoms with van der Waals surface area (Å²) in [7, 11) is 0. The summed E-state index contributed by atoms with van der Waals surface area (Å²) in [5.74, 6) is -0.320. The molecule has 1 amide bonds. The second-order valence-electron chi connectivity index (χ2n) is 6.90. The third-order valence-electron chi connectivity index (χ3n) is 4.60. The summed E-state index contributed by atoms with van der Waals surface area (Å²) in [6, 6.07) is 19.2. The van der Waals surface area contributed by atoms with E-state index in [1.54, 1.807) is 6.07 Å². The number of benzene rings is 2. The number of carbonyl (C=O) groups excluding carboxylic acids is 1. The summed E-state index contributed by atoms with van der Waals surface area (Å²) in [6.07, 6.45) is 0.933. The zero-order chi connectivity index (χ0) is 21.1. The number of aryl methyl sites for hydroxylation is 2. The quantitative estimate of drug-likeness (QED) is 0.517. The van der Waals surface area contributed by atoms with Gasteiger partial charge in [0.2, 0.25) is 5.91 Å². The van der Waals surface area contributed by atoms with Gasteiger partial charge in [-0.25, -0.2) is 9.48 Å². The average molecular weight is 420 g/mol. The van der Waals surface area contributed by atoms with Crippen LogP contribution < -0.4 is 11.0 Å². The third kappa shape index (κ3) is 4.44. The Hall–Kier alpha value is -3.39. The Bertz CT molecular complexity index is 1240. The molecule has 8 heteroatoms. The Labute approximate surface area is 177 Å². The summed E-state index contributed by atoms with van der Waals surface area (Å²) in [6.45, 7) is 3.92. The van der Waals surface area contributed by atoms with Crippen molar-refractivity contribution in [2.45, 2.75) is 36.7 Å². The van der Waals surface area contributed by atoms with Gasteiger partial charge in [-0.1, -0.05) is 48.5 Å². The molecule has 0 bridgehead atoms. The number of fused-ring (bicyclic) bond motifs is 1. The van der Waals surface area contributed by atoms with Crippen molar-refractivity contribution in [3.05, 3.63) is 82.3 Å². The SMILES string of the molecule is CCc1ccc(NC(=O)Cn2nc3ccc(Sc4ccc(C)cc4)nn3c2=O)cc1. The van der Waals surface area contributed by atoms with Crippen LogP contribution >= 0.6 is 11.8 Å². The van der Waals surface area contributed by atoms with Crippen LogP contribution in [-0.4, -0.2) is 25.3 Å². The standard InChI is InChI=1S/C22H21N5O2S/c1-3-16-6-8-17(9-7-16)23-20(28)14-26-22(29)27-19(24-26)12-13-21(25-27)30-18-10-4-15(2)5-11-18/h4-13H,3,14H2,1-2H3,(H,23,28). The fourth-order valence-electron chi connectivity index (χ4n) is 2.94. The molecule has 0 radical (unpaired) electrons. The summed E-state index contributed by atoms with van der Waals surface area (Å²) in [5.41, 5.74) is 3.00. The molecule has 2 heterocycles. The number of amides is 1. The molecule has 0 spiro atoms. The van der Waals surface area contributed by atoms with Crippen molar-refractivity contribution in [3.8, 4) is 0 Å². The topological polar surface area (TPSA) is 81.3 Å². The molecule has 4 rings (SSSR count). The Kier molecular flexibility index (Phi) is 5.67. The van der Waals surface area contributed by atoms with Gasteiger partial charge in [0.1, 0.15) is 11.6 Å². The maximum absolute atomic E-state index is 12.7. The number of hydrogen-bond donors (Lipinski definition) is 1. The van der Waals surface area contributed by atoms with E-state index in [1.807, 2.05) is 61.5 Å². The lowest BCUT2D eigenvalue weighted by Gasteiger charge is -2.05. The number of nitrogens with zero attached hydrogens (tertiary/aromatic N) is 4. The molecule has 7 nitrogen and oxygen atoms in total. The van der Waals surface area contributed by atoms with E-state index in [1.165, 1.54) is 27.4 Å². The van der Waals surface area contributed by atoms with Gasteiger partial charge in [0.05, 0.1) is 0 Å². The normalized spacial score (nSPS) is 11.0. The summed E-state index contributed by atoms with van der Waals surface area (Å²) in [4.78, 5) is 26.0. The molecule has 0 unspecified atom stereocenters. The first-order chi connectivity index (χ1) is 14.5. The molecular weight excluding hydrogens is 398 g/mol. The minimum Gasteiger partial charge on any atom is -0.324 e. The molecule has 1 N–H and O–H groups in total. The van der Waals surface area contributed by atoms with Gasteiger partial charge < -0.3 is 5.32 Å². The van der Waals surface area contributed by atoms with Gasteiger partial charge in [0.15, 0.2) is 5.65 Å². The highest BCUT2D eigenvalue weighted by molar-refractivity contribution is 7.99. The van der Waals surface area contributed by atoms with E-state index in [0.29, 0.717) is 16.4 Å². The second kappa shape index (κ2) is 8.54. The number of rotatable bonds is 6. The van der Waals surface area contributed by atoms with Gasteiger partial charge in [-0.2, -0.15) is 9.61 Å². The monoisotopic (exact) mass is 419 g/mol. The molecule has 2 aromatic carbocycles. The Morgan fingerprint density at radius 3 is 2.43 bits per heavy atom. The first-order valence-corrected chi connectivity index (χ1v) is 10.4. The zero-order valence-electron chi connectivity index (χ0n) is 16.7. The van der Waals surface area contributed by atoms with E-state index in [9.17, 15) is 9.59 Å². The minimum atomic E-state index is -0.451. The Morgan fingerprint density at radius 2 is 1.73 bits per heavy atom. The van der Waals surface area contributed by atoms with Crippen molar-refractivity contribution in [1.29, 1.82) is 0 Å². The highest BCUT2D eigenvalue weighted by Gasteiger charge is 2.13. The molecular formula is C22H21N5O2S. The first-order valence-electron chi connectivity index (χ1n) is 9.62. The van der Waals surface area contributed by atoms with Crippen LogP contribution in [0.25, 0.3) is 5.65 Å². The molecule has 0 aliphatic carbocycles. The lowest BCUT2D eigenvalue weighted by molar-refractivity contribution is -0.117. The van der Waals surface area contributed by atoms with E-state index in [4.69, 9.17) is 0 Å². The molecule has 4 aromatic rings. The summed E-state index contributed by atoms with van der Waals surface area (Å²) >= 11 is 1.46. The van der Waals surface area contributed by atoms with E-state index < -0.39 is 5.69 Å². The smallest absolute Gasteiger partial charge is 0.324 e. The molecule has 152 valence electrons. The largest absolute Gasteiger partial charge is 0.367 e. The number of hydrogen-bond acceptors (Lipinski definition) is 5. The predicted molar refractivity (Wildman–Crippen MR) is 117 cm³/mol. The van der Waals surface area contributed by atoms with Gasteiger partial charge in [-0.05, 0) is 55.3 Å². The number of nitrogens with one attached hydrogen (secondary N) is 1. The number of carbonyl (C=O) groups is 1. The predicted octanol–water partition coefficient (Wildman–Crippen LogP) is 3.55. The van der Waals surface area contributed by atoms with Crippen molar-refractivity contribution in [2.24, 2.45) is 0 Å². The molecule has 0 aliphatic heterocycles. The van der Waals surface area contributed by atoms with Crippen molar-refractivity contribution in [1.82, 2.24) is 19.4 Å². The van der Waals surface area contributed by atoms with Crippen LogP contribution in [0.3, 0.4) is 0 Å². The van der Waals surface area contributed by atoms with E-state index in [0.717, 1.165) is 16.0 Å². The van der Waals surface area contributed by atoms with Crippen LogP contribution in [0.1, 0.15) is 18.1 Å². The molecule has 2 aromatic heterocycles. The minimum absolute atomic E-state index is 0.182. The van der Waals surface area contributed by atoms with Crippen LogP contribution in [0.2, 0.25) is 0 Å². The molecule has 0 saturated carbocycles. The lowest BCUT2D eigenvalue weighted by Crippen LogP contribution is -2.28.